The second kappa shape index (κ2) is 12.0. The largest absolute Gasteiger partial charge is 0.357 e. The number of aromatic nitrogens is 1. The average molecular weight is 504 g/mol. The minimum atomic E-state index is -3.34. The average Bonchev–Trinajstić information content (AvgIpc) is 3.15. The van der Waals surface area contributed by atoms with E-state index >= 15 is 0 Å². The molecule has 2 aromatic rings. The standard InChI is InChI=1S/C19H28N4O2S.HI/c1-3-17(16-26(24,25)18-10-6-5-7-11-18)22-19(20-4-2)21-12-15-23-13-8-9-14-23;/h5-11,13-14,17H,3-4,12,15-16H2,1-2H3,(H2,20,21,22);1H. The molecule has 8 heteroatoms. The Balaban J connectivity index is 0.00000364. The highest BCUT2D eigenvalue weighted by atomic mass is 127. The quantitative estimate of drug-likeness (QED) is 0.313. The van der Waals surface area contributed by atoms with Crippen molar-refractivity contribution in [3.63, 3.8) is 0 Å². The summed E-state index contributed by atoms with van der Waals surface area (Å²) in [4.78, 5) is 4.91. The molecule has 0 radical (unpaired) electrons. The molecule has 1 atom stereocenters. The molecule has 2 rings (SSSR count). The van der Waals surface area contributed by atoms with Crippen LogP contribution in [0.15, 0.2) is 64.7 Å². The molecule has 0 saturated carbocycles. The lowest BCUT2D eigenvalue weighted by Crippen LogP contribution is -2.46. The highest BCUT2D eigenvalue weighted by Crippen LogP contribution is 2.12. The molecule has 27 heavy (non-hydrogen) atoms. The van der Waals surface area contributed by atoms with Crippen molar-refractivity contribution in [3.05, 3.63) is 54.9 Å². The van der Waals surface area contributed by atoms with Crippen molar-refractivity contribution in [2.45, 2.75) is 37.8 Å². The Morgan fingerprint density at radius 1 is 1.11 bits per heavy atom. The fourth-order valence-corrected chi connectivity index (χ4v) is 4.17. The maximum absolute atomic E-state index is 12.6. The number of nitrogens with zero attached hydrogens (tertiary/aromatic N) is 2. The van der Waals surface area contributed by atoms with Gasteiger partial charge in [-0.05, 0) is 37.6 Å². The lowest BCUT2D eigenvalue weighted by atomic mass is 10.3. The molecule has 0 amide bonds. The van der Waals surface area contributed by atoms with Gasteiger partial charge in [-0.1, -0.05) is 25.1 Å². The molecule has 1 aromatic carbocycles. The predicted molar refractivity (Wildman–Crippen MR) is 122 cm³/mol. The monoisotopic (exact) mass is 504 g/mol. The maximum Gasteiger partial charge on any atom is 0.191 e. The van der Waals surface area contributed by atoms with Gasteiger partial charge in [0.15, 0.2) is 15.8 Å². The molecule has 0 fully saturated rings. The lowest BCUT2D eigenvalue weighted by Gasteiger charge is -2.20. The SMILES string of the molecule is CCNC(=NCCn1cccc1)NC(CC)CS(=O)(=O)c1ccccc1.I. The van der Waals surface area contributed by atoms with Gasteiger partial charge in [0, 0.05) is 31.5 Å². The number of sulfone groups is 1. The fourth-order valence-electron chi connectivity index (χ4n) is 2.56. The molecular weight excluding hydrogens is 475 g/mol. The van der Waals surface area contributed by atoms with Crippen LogP contribution in [0.3, 0.4) is 0 Å². The Hall–Kier alpha value is -1.55. The van der Waals surface area contributed by atoms with Gasteiger partial charge in [0.2, 0.25) is 0 Å². The zero-order valence-electron chi connectivity index (χ0n) is 15.8. The molecule has 6 nitrogen and oxygen atoms in total. The molecule has 0 saturated heterocycles. The topological polar surface area (TPSA) is 75.5 Å². The summed E-state index contributed by atoms with van der Waals surface area (Å²) in [6.07, 6.45) is 4.68. The van der Waals surface area contributed by atoms with Crippen LogP contribution in [0, 0.1) is 0 Å². The Morgan fingerprint density at radius 2 is 1.78 bits per heavy atom. The minimum Gasteiger partial charge on any atom is -0.357 e. The smallest absolute Gasteiger partial charge is 0.191 e. The molecule has 1 heterocycles. The van der Waals surface area contributed by atoms with Crippen LogP contribution in [-0.4, -0.2) is 43.8 Å². The summed E-state index contributed by atoms with van der Waals surface area (Å²) in [5.41, 5.74) is 0. The van der Waals surface area contributed by atoms with Gasteiger partial charge in [-0.15, -0.1) is 24.0 Å². The Kier molecular flexibility index (Phi) is 10.5. The van der Waals surface area contributed by atoms with Crippen molar-refractivity contribution in [1.82, 2.24) is 15.2 Å². The lowest BCUT2D eigenvalue weighted by molar-refractivity contribution is 0.568. The molecular formula is C19H29IN4O2S. The van der Waals surface area contributed by atoms with Crippen LogP contribution >= 0.6 is 24.0 Å². The number of aliphatic imine (C=N–C) groups is 1. The number of halogens is 1. The summed E-state index contributed by atoms with van der Waals surface area (Å²) in [5, 5.41) is 6.45. The number of hydrogen-bond donors (Lipinski definition) is 2. The van der Waals surface area contributed by atoms with Gasteiger partial charge in [0.05, 0.1) is 17.2 Å². The number of benzene rings is 1. The first-order valence-corrected chi connectivity index (χ1v) is 10.6. The molecule has 2 N–H and O–H groups in total. The third kappa shape index (κ3) is 7.92. The van der Waals surface area contributed by atoms with Crippen LogP contribution in [0.25, 0.3) is 0 Å². The van der Waals surface area contributed by atoms with Gasteiger partial charge in [0.25, 0.3) is 0 Å². The van der Waals surface area contributed by atoms with Crippen molar-refractivity contribution in [1.29, 1.82) is 0 Å². The first kappa shape index (κ1) is 23.5. The first-order chi connectivity index (χ1) is 12.5. The van der Waals surface area contributed by atoms with Gasteiger partial charge < -0.3 is 15.2 Å². The summed E-state index contributed by atoms with van der Waals surface area (Å²) in [7, 11) is -3.34. The van der Waals surface area contributed by atoms with E-state index in [2.05, 4.69) is 20.2 Å². The van der Waals surface area contributed by atoms with Gasteiger partial charge in [-0.3, -0.25) is 4.99 Å². The highest BCUT2D eigenvalue weighted by Gasteiger charge is 2.20. The summed E-state index contributed by atoms with van der Waals surface area (Å²) in [6, 6.07) is 12.3. The van der Waals surface area contributed by atoms with Crippen LogP contribution < -0.4 is 10.6 Å². The molecule has 0 aliphatic rings. The highest BCUT2D eigenvalue weighted by molar-refractivity contribution is 14.0. The first-order valence-electron chi connectivity index (χ1n) is 8.98. The number of guanidine groups is 1. The van der Waals surface area contributed by atoms with E-state index in [4.69, 9.17) is 0 Å². The Bertz CT molecular complexity index is 777. The second-order valence-electron chi connectivity index (χ2n) is 6.03. The number of nitrogens with one attached hydrogen (secondary N) is 2. The van der Waals surface area contributed by atoms with Crippen molar-refractivity contribution < 1.29 is 8.42 Å². The van der Waals surface area contributed by atoms with Crippen molar-refractivity contribution in [3.8, 4) is 0 Å². The van der Waals surface area contributed by atoms with E-state index in [1.54, 1.807) is 24.3 Å². The van der Waals surface area contributed by atoms with Gasteiger partial charge in [-0.2, -0.15) is 0 Å². The molecule has 150 valence electrons. The number of hydrogen-bond acceptors (Lipinski definition) is 3. The van der Waals surface area contributed by atoms with Gasteiger partial charge in [-0.25, -0.2) is 8.42 Å². The van der Waals surface area contributed by atoms with Crippen molar-refractivity contribution in [2.75, 3.05) is 18.8 Å². The molecule has 1 aromatic heterocycles. The van der Waals surface area contributed by atoms with Gasteiger partial charge >= 0.3 is 0 Å². The van der Waals surface area contributed by atoms with E-state index in [1.165, 1.54) is 0 Å². The Morgan fingerprint density at radius 3 is 2.37 bits per heavy atom. The predicted octanol–water partition coefficient (Wildman–Crippen LogP) is 2.91. The van der Waals surface area contributed by atoms with Crippen LogP contribution in [0.5, 0.6) is 0 Å². The van der Waals surface area contributed by atoms with E-state index in [9.17, 15) is 8.42 Å². The molecule has 1 unspecified atom stereocenters. The summed E-state index contributed by atoms with van der Waals surface area (Å²) >= 11 is 0. The fraction of sp³-hybridized carbons (Fsp3) is 0.421. The van der Waals surface area contributed by atoms with Crippen molar-refractivity contribution >= 4 is 39.8 Å². The van der Waals surface area contributed by atoms with Crippen LogP contribution in [0.1, 0.15) is 20.3 Å². The maximum atomic E-state index is 12.6. The Labute approximate surface area is 179 Å². The van der Waals surface area contributed by atoms with E-state index in [0.717, 1.165) is 13.1 Å². The van der Waals surface area contributed by atoms with E-state index < -0.39 is 9.84 Å². The van der Waals surface area contributed by atoms with Crippen LogP contribution in [-0.2, 0) is 16.4 Å². The van der Waals surface area contributed by atoms with Gasteiger partial charge in [0.1, 0.15) is 0 Å². The molecule has 0 aliphatic carbocycles. The van der Waals surface area contributed by atoms with E-state index in [1.807, 2.05) is 44.4 Å². The summed E-state index contributed by atoms with van der Waals surface area (Å²) < 4.78 is 27.3. The third-order valence-electron chi connectivity index (χ3n) is 4.00. The summed E-state index contributed by atoms with van der Waals surface area (Å²) in [6.45, 7) is 6.08. The van der Waals surface area contributed by atoms with Crippen molar-refractivity contribution in [2.24, 2.45) is 4.99 Å². The number of rotatable bonds is 9. The third-order valence-corrected chi connectivity index (χ3v) is 5.83. The van der Waals surface area contributed by atoms with E-state index in [0.29, 0.717) is 23.8 Å². The minimum absolute atomic E-state index is 0. The summed E-state index contributed by atoms with van der Waals surface area (Å²) in [5.74, 6) is 0.685. The zero-order chi connectivity index (χ0) is 18.8. The van der Waals surface area contributed by atoms with Crippen LogP contribution in [0.4, 0.5) is 0 Å². The van der Waals surface area contributed by atoms with Crippen LogP contribution in [0.2, 0.25) is 0 Å². The second-order valence-corrected chi connectivity index (χ2v) is 8.06. The normalized spacial score (nSPS) is 12.9. The zero-order valence-corrected chi connectivity index (χ0v) is 19.0. The molecule has 0 spiro atoms. The molecule has 0 bridgehead atoms. The van der Waals surface area contributed by atoms with E-state index in [-0.39, 0.29) is 35.8 Å². The molecule has 0 aliphatic heterocycles.